The number of halogens is 1. The van der Waals surface area contributed by atoms with Gasteiger partial charge in [-0.25, -0.2) is 0 Å². The highest BCUT2D eigenvalue weighted by Gasteiger charge is 2.40. The number of hydrogen-bond acceptors (Lipinski definition) is 3. The van der Waals surface area contributed by atoms with E-state index in [1.165, 1.54) is 22.2 Å². The van der Waals surface area contributed by atoms with Gasteiger partial charge in [-0.2, -0.15) is 0 Å². The Morgan fingerprint density at radius 3 is 2.87 bits per heavy atom. The maximum atomic E-state index is 5.85. The van der Waals surface area contributed by atoms with Crippen molar-refractivity contribution in [2.75, 3.05) is 6.54 Å². The molecule has 0 radical (unpaired) electrons. The Morgan fingerprint density at radius 1 is 1.67 bits per heavy atom. The minimum absolute atomic E-state index is 0.128. The topological polar surface area (TPSA) is 38.0 Å². The van der Waals surface area contributed by atoms with Crippen LogP contribution in [0.25, 0.3) is 0 Å². The fourth-order valence-electron chi connectivity index (χ4n) is 1.84. The molecule has 4 heteroatoms. The van der Waals surface area contributed by atoms with Crippen molar-refractivity contribution >= 4 is 27.3 Å². The fourth-order valence-corrected chi connectivity index (χ4v) is 3.27. The van der Waals surface area contributed by atoms with Crippen molar-refractivity contribution in [2.24, 2.45) is 11.7 Å². The second-order valence-electron chi connectivity index (χ2n) is 4.44. The number of nitrogens with two attached hydrogens (primary N) is 1. The minimum atomic E-state index is 0.128. The summed E-state index contributed by atoms with van der Waals surface area (Å²) in [6, 6.07) is 2.10. The third-order valence-corrected chi connectivity index (χ3v) is 5.17. The van der Waals surface area contributed by atoms with E-state index in [0.717, 1.165) is 19.0 Å². The van der Waals surface area contributed by atoms with Crippen LogP contribution in [-0.4, -0.2) is 12.1 Å². The van der Waals surface area contributed by atoms with Gasteiger partial charge in [0.2, 0.25) is 0 Å². The molecule has 0 spiro atoms. The van der Waals surface area contributed by atoms with E-state index in [2.05, 4.69) is 39.6 Å². The second kappa shape index (κ2) is 4.53. The Bertz CT molecular complexity index is 335. The van der Waals surface area contributed by atoms with Crippen molar-refractivity contribution in [1.29, 1.82) is 0 Å². The van der Waals surface area contributed by atoms with Gasteiger partial charge >= 0.3 is 0 Å². The zero-order chi connectivity index (χ0) is 10.9. The quantitative estimate of drug-likeness (QED) is 0.874. The molecule has 0 aliphatic heterocycles. The lowest BCUT2D eigenvalue weighted by Crippen LogP contribution is -2.50. The first kappa shape index (κ1) is 11.6. The molecule has 1 unspecified atom stereocenters. The van der Waals surface area contributed by atoms with Gasteiger partial charge in [-0.15, -0.1) is 11.3 Å². The Morgan fingerprint density at radius 2 is 2.40 bits per heavy atom. The van der Waals surface area contributed by atoms with Gasteiger partial charge in [0.25, 0.3) is 0 Å². The Hall–Kier alpha value is 0.100. The Kier molecular flexibility index (Phi) is 3.50. The molecule has 1 aliphatic carbocycles. The summed E-state index contributed by atoms with van der Waals surface area (Å²) in [7, 11) is 0. The van der Waals surface area contributed by atoms with Gasteiger partial charge in [0.1, 0.15) is 0 Å². The lowest BCUT2D eigenvalue weighted by Gasteiger charge is -2.29. The summed E-state index contributed by atoms with van der Waals surface area (Å²) in [5, 5.41) is 5.72. The molecular formula is C11H17BrN2S. The van der Waals surface area contributed by atoms with E-state index >= 15 is 0 Å². The fraction of sp³-hybridized carbons (Fsp3) is 0.636. The molecule has 0 amide bonds. The predicted octanol–water partition coefficient (Wildman–Crippen LogP) is 2.73. The van der Waals surface area contributed by atoms with E-state index in [-0.39, 0.29) is 5.54 Å². The maximum Gasteiger partial charge on any atom is 0.0327 e. The van der Waals surface area contributed by atoms with Crippen molar-refractivity contribution in [3.8, 4) is 0 Å². The van der Waals surface area contributed by atoms with E-state index in [9.17, 15) is 0 Å². The molecule has 2 nitrogen and oxygen atoms in total. The Balaban J connectivity index is 1.94. The van der Waals surface area contributed by atoms with Crippen LogP contribution in [0.2, 0.25) is 0 Å². The van der Waals surface area contributed by atoms with Crippen molar-refractivity contribution < 1.29 is 0 Å². The molecule has 1 fully saturated rings. The van der Waals surface area contributed by atoms with Crippen LogP contribution in [0.5, 0.6) is 0 Å². The minimum Gasteiger partial charge on any atom is -0.329 e. The zero-order valence-corrected chi connectivity index (χ0v) is 11.3. The summed E-state index contributed by atoms with van der Waals surface area (Å²) in [6.45, 7) is 3.88. The van der Waals surface area contributed by atoms with Gasteiger partial charge in [0.05, 0.1) is 0 Å². The first-order valence-electron chi connectivity index (χ1n) is 5.32. The highest BCUT2D eigenvalue weighted by Crippen LogP contribution is 2.39. The van der Waals surface area contributed by atoms with Crippen molar-refractivity contribution in [1.82, 2.24) is 5.32 Å². The molecule has 1 aromatic heterocycles. The Labute approximate surface area is 103 Å². The summed E-state index contributed by atoms with van der Waals surface area (Å²) in [4.78, 5) is 1.36. The standard InChI is InChI=1S/C11H17BrN2S/c1-11(7-13,8-2-3-8)14-6-10-9(12)4-5-15-10/h4-5,8,14H,2-3,6-7,13H2,1H3. The van der Waals surface area contributed by atoms with Gasteiger partial charge in [0.15, 0.2) is 0 Å². The molecule has 1 saturated carbocycles. The molecule has 1 aliphatic rings. The summed E-state index contributed by atoms with van der Waals surface area (Å²) in [6.07, 6.45) is 2.65. The van der Waals surface area contributed by atoms with Gasteiger partial charge in [-0.3, -0.25) is 0 Å². The largest absolute Gasteiger partial charge is 0.329 e. The van der Waals surface area contributed by atoms with Crippen LogP contribution >= 0.6 is 27.3 Å². The van der Waals surface area contributed by atoms with E-state index in [1.54, 1.807) is 11.3 Å². The molecule has 2 rings (SSSR count). The molecule has 84 valence electrons. The van der Waals surface area contributed by atoms with Crippen LogP contribution in [0.3, 0.4) is 0 Å². The molecule has 0 bridgehead atoms. The molecule has 0 aromatic carbocycles. The number of thiophene rings is 1. The zero-order valence-electron chi connectivity index (χ0n) is 8.92. The average molecular weight is 289 g/mol. The third-order valence-electron chi connectivity index (χ3n) is 3.25. The first-order chi connectivity index (χ1) is 7.15. The van der Waals surface area contributed by atoms with Crippen LogP contribution in [-0.2, 0) is 6.54 Å². The van der Waals surface area contributed by atoms with Crippen molar-refractivity contribution in [3.63, 3.8) is 0 Å². The molecule has 1 heterocycles. The monoisotopic (exact) mass is 288 g/mol. The summed E-state index contributed by atoms with van der Waals surface area (Å²) >= 11 is 5.33. The van der Waals surface area contributed by atoms with Crippen molar-refractivity contribution in [2.45, 2.75) is 31.8 Å². The van der Waals surface area contributed by atoms with Crippen molar-refractivity contribution in [3.05, 3.63) is 20.8 Å². The van der Waals surface area contributed by atoms with Gasteiger partial charge in [-0.05, 0) is 53.1 Å². The SMILES string of the molecule is CC(CN)(NCc1sccc1Br)C1CC1. The van der Waals surface area contributed by atoms with Crippen LogP contribution in [0.1, 0.15) is 24.6 Å². The van der Waals surface area contributed by atoms with E-state index in [4.69, 9.17) is 5.73 Å². The average Bonchev–Trinajstić information content (AvgIpc) is 3.01. The number of rotatable bonds is 5. The molecule has 1 atom stereocenters. The van der Waals surface area contributed by atoms with Gasteiger partial charge in [0, 0.05) is 28.0 Å². The summed E-state index contributed by atoms with van der Waals surface area (Å²) in [5.41, 5.74) is 5.98. The van der Waals surface area contributed by atoms with Crippen LogP contribution in [0.4, 0.5) is 0 Å². The third kappa shape index (κ3) is 2.61. The lowest BCUT2D eigenvalue weighted by molar-refractivity contribution is 0.318. The second-order valence-corrected chi connectivity index (χ2v) is 6.30. The van der Waals surface area contributed by atoms with Crippen LogP contribution in [0, 0.1) is 5.92 Å². The number of hydrogen-bond donors (Lipinski definition) is 2. The lowest BCUT2D eigenvalue weighted by atomic mass is 9.96. The first-order valence-corrected chi connectivity index (χ1v) is 7.00. The normalized spacial score (nSPS) is 20.2. The smallest absolute Gasteiger partial charge is 0.0327 e. The predicted molar refractivity (Wildman–Crippen MR) is 69.0 cm³/mol. The van der Waals surface area contributed by atoms with E-state index < -0.39 is 0 Å². The maximum absolute atomic E-state index is 5.85. The molecular weight excluding hydrogens is 272 g/mol. The van der Waals surface area contributed by atoms with E-state index in [1.807, 2.05) is 0 Å². The highest BCUT2D eigenvalue weighted by molar-refractivity contribution is 9.10. The molecule has 3 N–H and O–H groups in total. The van der Waals surface area contributed by atoms with Crippen LogP contribution < -0.4 is 11.1 Å². The molecule has 0 saturated heterocycles. The van der Waals surface area contributed by atoms with Gasteiger partial charge in [-0.1, -0.05) is 0 Å². The van der Waals surface area contributed by atoms with Gasteiger partial charge < -0.3 is 11.1 Å². The number of nitrogens with one attached hydrogen (secondary N) is 1. The molecule has 1 aromatic rings. The summed E-state index contributed by atoms with van der Waals surface area (Å²) in [5.74, 6) is 0.779. The van der Waals surface area contributed by atoms with E-state index in [0.29, 0.717) is 0 Å². The summed E-state index contributed by atoms with van der Waals surface area (Å²) < 4.78 is 1.20. The highest BCUT2D eigenvalue weighted by atomic mass is 79.9. The van der Waals surface area contributed by atoms with Crippen LogP contribution in [0.15, 0.2) is 15.9 Å². The molecule has 15 heavy (non-hydrogen) atoms.